The molecule has 16 heavy (non-hydrogen) atoms. The summed E-state index contributed by atoms with van der Waals surface area (Å²) < 4.78 is 5.37. The third-order valence-corrected chi connectivity index (χ3v) is 4.43. The Balaban J connectivity index is 2.07. The molecule has 2 N–H and O–H groups in total. The van der Waals surface area contributed by atoms with E-state index in [1.165, 1.54) is 0 Å². The van der Waals surface area contributed by atoms with Crippen molar-refractivity contribution in [3.8, 4) is 0 Å². The molecule has 2 fully saturated rings. The molecule has 1 aliphatic heterocycles. The SMILES string of the molecule is NC1(C2(c3ccc(Cl)cc3Cl)COC2)CC1. The first-order valence-electron chi connectivity index (χ1n) is 5.40. The van der Waals surface area contributed by atoms with E-state index in [1.807, 2.05) is 12.1 Å². The Morgan fingerprint density at radius 2 is 1.88 bits per heavy atom. The normalized spacial score (nSPS) is 24.9. The van der Waals surface area contributed by atoms with Crippen molar-refractivity contribution < 1.29 is 4.74 Å². The molecule has 0 radical (unpaired) electrons. The van der Waals surface area contributed by atoms with Crippen molar-refractivity contribution in [2.45, 2.75) is 23.8 Å². The number of rotatable bonds is 2. The summed E-state index contributed by atoms with van der Waals surface area (Å²) in [5.74, 6) is 0. The lowest BCUT2D eigenvalue weighted by atomic mass is 9.70. The van der Waals surface area contributed by atoms with Crippen LogP contribution in [0.15, 0.2) is 18.2 Å². The zero-order chi connectivity index (χ0) is 11.4. The van der Waals surface area contributed by atoms with E-state index in [0.717, 1.165) is 18.4 Å². The highest BCUT2D eigenvalue weighted by Crippen LogP contribution is 2.54. The minimum atomic E-state index is -0.122. The average Bonchev–Trinajstić information content (AvgIpc) is 2.87. The van der Waals surface area contributed by atoms with Gasteiger partial charge in [-0.3, -0.25) is 0 Å². The fourth-order valence-corrected chi connectivity index (χ4v) is 3.10. The molecule has 0 unspecified atom stereocenters. The Hall–Kier alpha value is -0.280. The van der Waals surface area contributed by atoms with Crippen LogP contribution in [-0.2, 0) is 10.2 Å². The maximum Gasteiger partial charge on any atom is 0.0614 e. The summed E-state index contributed by atoms with van der Waals surface area (Å²) in [6.45, 7) is 1.34. The highest BCUT2D eigenvalue weighted by atomic mass is 35.5. The summed E-state index contributed by atoms with van der Waals surface area (Å²) in [6, 6.07) is 5.64. The van der Waals surface area contributed by atoms with Crippen molar-refractivity contribution in [3.05, 3.63) is 33.8 Å². The molecule has 1 saturated heterocycles. The van der Waals surface area contributed by atoms with Crippen LogP contribution < -0.4 is 5.73 Å². The molecule has 0 amide bonds. The van der Waals surface area contributed by atoms with E-state index in [2.05, 4.69) is 0 Å². The van der Waals surface area contributed by atoms with Gasteiger partial charge in [0.15, 0.2) is 0 Å². The average molecular weight is 258 g/mol. The molecule has 0 aromatic heterocycles. The molecule has 0 spiro atoms. The van der Waals surface area contributed by atoms with Crippen molar-refractivity contribution in [1.29, 1.82) is 0 Å². The summed E-state index contributed by atoms with van der Waals surface area (Å²) in [5, 5.41) is 1.36. The van der Waals surface area contributed by atoms with Gasteiger partial charge in [0.2, 0.25) is 0 Å². The highest BCUT2D eigenvalue weighted by Gasteiger charge is 2.62. The lowest BCUT2D eigenvalue weighted by molar-refractivity contribution is -0.0785. The van der Waals surface area contributed by atoms with Crippen LogP contribution in [-0.4, -0.2) is 18.8 Å². The molecular weight excluding hydrogens is 245 g/mol. The van der Waals surface area contributed by atoms with Gasteiger partial charge in [0, 0.05) is 15.6 Å². The molecule has 0 bridgehead atoms. The van der Waals surface area contributed by atoms with Crippen LogP contribution in [0.1, 0.15) is 18.4 Å². The van der Waals surface area contributed by atoms with Gasteiger partial charge in [0.05, 0.1) is 18.6 Å². The molecule has 2 nitrogen and oxygen atoms in total. The Morgan fingerprint density at radius 1 is 1.19 bits per heavy atom. The zero-order valence-electron chi connectivity index (χ0n) is 8.80. The molecule has 86 valence electrons. The number of halogens is 2. The molecule has 1 aromatic carbocycles. The van der Waals surface area contributed by atoms with Gasteiger partial charge in [0.1, 0.15) is 0 Å². The van der Waals surface area contributed by atoms with Crippen molar-refractivity contribution >= 4 is 23.2 Å². The van der Waals surface area contributed by atoms with Gasteiger partial charge in [-0.2, -0.15) is 0 Å². The van der Waals surface area contributed by atoms with E-state index in [1.54, 1.807) is 6.07 Å². The van der Waals surface area contributed by atoms with Crippen LogP contribution in [0.5, 0.6) is 0 Å². The summed E-state index contributed by atoms with van der Waals surface area (Å²) >= 11 is 12.2. The van der Waals surface area contributed by atoms with E-state index < -0.39 is 0 Å². The second kappa shape index (κ2) is 3.36. The predicted octanol–water partition coefficient (Wildman–Crippen LogP) is 2.75. The molecule has 3 rings (SSSR count). The first kappa shape index (κ1) is 10.8. The van der Waals surface area contributed by atoms with Gasteiger partial charge in [-0.25, -0.2) is 0 Å². The topological polar surface area (TPSA) is 35.2 Å². The number of hydrogen-bond donors (Lipinski definition) is 1. The molecule has 2 aliphatic rings. The molecule has 1 heterocycles. The lowest BCUT2D eigenvalue weighted by Gasteiger charge is -2.47. The second-order valence-corrected chi connectivity index (χ2v) is 5.70. The quantitative estimate of drug-likeness (QED) is 0.885. The van der Waals surface area contributed by atoms with Crippen molar-refractivity contribution in [2.75, 3.05) is 13.2 Å². The lowest BCUT2D eigenvalue weighted by Crippen LogP contribution is -2.60. The Bertz CT molecular complexity index is 439. The van der Waals surface area contributed by atoms with E-state index >= 15 is 0 Å². The fraction of sp³-hybridized carbons (Fsp3) is 0.500. The molecule has 0 atom stereocenters. The van der Waals surface area contributed by atoms with Gasteiger partial charge in [0.25, 0.3) is 0 Å². The van der Waals surface area contributed by atoms with Gasteiger partial charge in [-0.1, -0.05) is 29.3 Å². The van der Waals surface area contributed by atoms with Crippen LogP contribution >= 0.6 is 23.2 Å². The first-order valence-corrected chi connectivity index (χ1v) is 6.15. The van der Waals surface area contributed by atoms with Crippen LogP contribution in [0, 0.1) is 0 Å². The molecule has 1 saturated carbocycles. The minimum Gasteiger partial charge on any atom is -0.379 e. The Labute approximate surface area is 105 Å². The van der Waals surface area contributed by atoms with E-state index in [4.69, 9.17) is 33.7 Å². The van der Waals surface area contributed by atoms with E-state index in [0.29, 0.717) is 23.3 Å². The van der Waals surface area contributed by atoms with Crippen molar-refractivity contribution in [2.24, 2.45) is 5.73 Å². The van der Waals surface area contributed by atoms with Crippen molar-refractivity contribution in [1.82, 2.24) is 0 Å². The number of nitrogens with two attached hydrogens (primary N) is 1. The number of ether oxygens (including phenoxy) is 1. The summed E-state index contributed by atoms with van der Waals surface area (Å²) in [7, 11) is 0. The predicted molar refractivity (Wildman–Crippen MR) is 65.1 cm³/mol. The van der Waals surface area contributed by atoms with E-state index in [-0.39, 0.29) is 11.0 Å². The van der Waals surface area contributed by atoms with Crippen LogP contribution in [0.4, 0.5) is 0 Å². The summed E-state index contributed by atoms with van der Waals surface area (Å²) in [5.41, 5.74) is 7.23. The maximum atomic E-state index is 6.35. The molecule has 4 heteroatoms. The molecule has 1 aromatic rings. The Kier molecular flexibility index (Phi) is 2.28. The smallest absolute Gasteiger partial charge is 0.0614 e. The van der Waals surface area contributed by atoms with Crippen LogP contribution in [0.25, 0.3) is 0 Å². The highest BCUT2D eigenvalue weighted by molar-refractivity contribution is 6.35. The monoisotopic (exact) mass is 257 g/mol. The Morgan fingerprint density at radius 3 is 2.31 bits per heavy atom. The number of hydrogen-bond acceptors (Lipinski definition) is 2. The molecular formula is C12H13Cl2NO. The van der Waals surface area contributed by atoms with Gasteiger partial charge >= 0.3 is 0 Å². The van der Waals surface area contributed by atoms with Crippen LogP contribution in [0.2, 0.25) is 10.0 Å². The minimum absolute atomic E-state index is 0.0886. The first-order chi connectivity index (χ1) is 7.57. The van der Waals surface area contributed by atoms with E-state index in [9.17, 15) is 0 Å². The third-order valence-electron chi connectivity index (χ3n) is 3.89. The van der Waals surface area contributed by atoms with Gasteiger partial charge in [-0.15, -0.1) is 0 Å². The molecule has 1 aliphatic carbocycles. The van der Waals surface area contributed by atoms with Gasteiger partial charge < -0.3 is 10.5 Å². The van der Waals surface area contributed by atoms with Crippen molar-refractivity contribution in [3.63, 3.8) is 0 Å². The largest absolute Gasteiger partial charge is 0.379 e. The number of benzene rings is 1. The third kappa shape index (κ3) is 1.34. The summed E-state index contributed by atoms with van der Waals surface area (Å²) in [6.07, 6.45) is 2.10. The second-order valence-electron chi connectivity index (χ2n) is 4.86. The zero-order valence-corrected chi connectivity index (χ0v) is 10.3. The fourth-order valence-electron chi connectivity index (χ4n) is 2.51. The van der Waals surface area contributed by atoms with Crippen LogP contribution in [0.3, 0.4) is 0 Å². The summed E-state index contributed by atoms with van der Waals surface area (Å²) in [4.78, 5) is 0. The maximum absolute atomic E-state index is 6.35. The standard InChI is InChI=1S/C12H13Cl2NO/c13-8-1-2-9(10(14)5-8)11(6-16-7-11)12(15)3-4-12/h1-2,5H,3-4,6-7,15H2. The van der Waals surface area contributed by atoms with Gasteiger partial charge in [-0.05, 0) is 30.5 Å².